The van der Waals surface area contributed by atoms with Crippen LogP contribution in [0.3, 0.4) is 0 Å². The Hall–Kier alpha value is -0.950. The van der Waals surface area contributed by atoms with Gasteiger partial charge in [0.1, 0.15) is 0 Å². The third kappa shape index (κ3) is 3.79. The number of aliphatic hydroxyl groups is 2. The molecule has 0 radical (unpaired) electrons. The first kappa shape index (κ1) is 17.1. The number of rotatable bonds is 7. The van der Waals surface area contributed by atoms with Crippen molar-refractivity contribution in [1.82, 2.24) is 4.31 Å². The fraction of sp³-hybridized carbons (Fsp3) is 0.571. The van der Waals surface area contributed by atoms with Crippen molar-refractivity contribution in [3.05, 3.63) is 29.8 Å². The van der Waals surface area contributed by atoms with Gasteiger partial charge in [0.25, 0.3) is 0 Å². The predicted molar refractivity (Wildman–Crippen MR) is 77.9 cm³/mol. The van der Waals surface area contributed by atoms with Crippen molar-refractivity contribution in [2.75, 3.05) is 13.2 Å². The molecule has 1 aromatic rings. The Kier molecular flexibility index (Phi) is 6.13. The van der Waals surface area contributed by atoms with Gasteiger partial charge in [-0.25, -0.2) is 8.42 Å². The highest BCUT2D eigenvalue weighted by Gasteiger charge is 2.30. The van der Waals surface area contributed by atoms with E-state index in [4.69, 9.17) is 5.11 Å². The molecule has 1 atom stereocenters. The maximum Gasteiger partial charge on any atom is 0.243 e. The van der Waals surface area contributed by atoms with Gasteiger partial charge in [0.2, 0.25) is 10.0 Å². The SMILES string of the molecule is CCc1ccccc1S(=O)(=O)N(C[C@H](O)CO)C(C)C. The lowest BCUT2D eigenvalue weighted by Gasteiger charge is -2.28. The van der Waals surface area contributed by atoms with Crippen molar-refractivity contribution >= 4 is 10.0 Å². The van der Waals surface area contributed by atoms with Gasteiger partial charge in [0.05, 0.1) is 17.6 Å². The van der Waals surface area contributed by atoms with Gasteiger partial charge in [0.15, 0.2) is 0 Å². The number of benzene rings is 1. The quantitative estimate of drug-likeness (QED) is 0.787. The second-order valence-electron chi connectivity index (χ2n) is 4.97. The molecule has 0 aromatic heterocycles. The third-order valence-corrected chi connectivity index (χ3v) is 5.26. The van der Waals surface area contributed by atoms with E-state index in [-0.39, 0.29) is 17.5 Å². The maximum absolute atomic E-state index is 12.7. The van der Waals surface area contributed by atoms with Crippen LogP contribution in [0.1, 0.15) is 26.3 Å². The highest BCUT2D eigenvalue weighted by molar-refractivity contribution is 7.89. The first-order chi connectivity index (χ1) is 9.34. The molecule has 0 heterocycles. The van der Waals surface area contributed by atoms with Crippen LogP contribution < -0.4 is 0 Å². The number of sulfonamides is 1. The minimum Gasteiger partial charge on any atom is -0.394 e. The van der Waals surface area contributed by atoms with Crippen LogP contribution in [0.2, 0.25) is 0 Å². The van der Waals surface area contributed by atoms with Crippen LogP contribution in [0.25, 0.3) is 0 Å². The Morgan fingerprint density at radius 1 is 1.25 bits per heavy atom. The van der Waals surface area contributed by atoms with Crippen molar-refractivity contribution in [3.8, 4) is 0 Å². The van der Waals surface area contributed by atoms with Crippen LogP contribution in [0.4, 0.5) is 0 Å². The van der Waals surface area contributed by atoms with E-state index >= 15 is 0 Å². The molecule has 0 amide bonds. The summed E-state index contributed by atoms with van der Waals surface area (Å²) < 4.78 is 26.7. The molecule has 0 saturated heterocycles. The molecule has 0 aliphatic heterocycles. The summed E-state index contributed by atoms with van der Waals surface area (Å²) in [5.41, 5.74) is 0.747. The van der Waals surface area contributed by atoms with E-state index in [2.05, 4.69) is 0 Å². The standard InChI is InChI=1S/C14H23NO4S/c1-4-12-7-5-6-8-14(12)20(18,19)15(11(2)3)9-13(17)10-16/h5-8,11,13,16-17H,4,9-10H2,1-3H3/t13-/m0/s1. The Morgan fingerprint density at radius 3 is 2.35 bits per heavy atom. The van der Waals surface area contributed by atoms with E-state index < -0.39 is 22.7 Å². The van der Waals surface area contributed by atoms with Crippen LogP contribution >= 0.6 is 0 Å². The molecule has 1 rings (SSSR count). The lowest BCUT2D eigenvalue weighted by atomic mass is 10.2. The number of nitrogens with zero attached hydrogens (tertiary/aromatic N) is 1. The predicted octanol–water partition coefficient (Wildman–Crippen LogP) is 1.00. The maximum atomic E-state index is 12.7. The Morgan fingerprint density at radius 2 is 1.85 bits per heavy atom. The summed E-state index contributed by atoms with van der Waals surface area (Å²) in [4.78, 5) is 0.265. The van der Waals surface area contributed by atoms with Gasteiger partial charge in [-0.05, 0) is 31.9 Å². The van der Waals surface area contributed by atoms with Gasteiger partial charge in [-0.3, -0.25) is 0 Å². The normalized spacial score (nSPS) is 13.9. The number of aryl methyl sites for hydroxylation is 1. The van der Waals surface area contributed by atoms with Crippen molar-refractivity contribution in [2.45, 2.75) is 44.2 Å². The molecule has 0 saturated carbocycles. The van der Waals surface area contributed by atoms with Crippen molar-refractivity contribution in [3.63, 3.8) is 0 Å². The van der Waals surface area contributed by atoms with E-state index in [1.54, 1.807) is 38.1 Å². The first-order valence-electron chi connectivity index (χ1n) is 6.73. The number of aliphatic hydroxyl groups excluding tert-OH is 2. The highest BCUT2D eigenvalue weighted by atomic mass is 32.2. The molecule has 1 aromatic carbocycles. The van der Waals surface area contributed by atoms with E-state index in [0.717, 1.165) is 5.56 Å². The molecule has 114 valence electrons. The second kappa shape index (κ2) is 7.17. The molecule has 0 unspecified atom stereocenters. The second-order valence-corrected chi connectivity index (χ2v) is 6.83. The zero-order valence-corrected chi connectivity index (χ0v) is 13.0. The molecule has 20 heavy (non-hydrogen) atoms. The van der Waals surface area contributed by atoms with Crippen molar-refractivity contribution in [1.29, 1.82) is 0 Å². The minimum absolute atomic E-state index is 0.117. The van der Waals surface area contributed by atoms with Crippen LogP contribution in [0.5, 0.6) is 0 Å². The average molecular weight is 301 g/mol. The fourth-order valence-electron chi connectivity index (χ4n) is 2.03. The summed E-state index contributed by atoms with van der Waals surface area (Å²) in [6, 6.07) is 6.56. The van der Waals surface area contributed by atoms with Crippen LogP contribution in [0, 0.1) is 0 Å². The summed E-state index contributed by atoms with van der Waals surface area (Å²) in [5, 5.41) is 18.5. The lowest BCUT2D eigenvalue weighted by molar-refractivity contribution is 0.0738. The fourth-order valence-corrected chi connectivity index (χ4v) is 4.00. The van der Waals surface area contributed by atoms with Gasteiger partial charge in [-0.1, -0.05) is 25.1 Å². The van der Waals surface area contributed by atoms with E-state index in [9.17, 15) is 13.5 Å². The van der Waals surface area contributed by atoms with Gasteiger partial charge < -0.3 is 10.2 Å². The molecule has 0 fully saturated rings. The van der Waals surface area contributed by atoms with Crippen LogP contribution in [-0.4, -0.2) is 48.2 Å². The summed E-state index contributed by atoms with van der Waals surface area (Å²) >= 11 is 0. The van der Waals surface area contributed by atoms with Crippen molar-refractivity contribution < 1.29 is 18.6 Å². The van der Waals surface area contributed by atoms with Gasteiger partial charge in [0, 0.05) is 12.6 Å². The third-order valence-electron chi connectivity index (χ3n) is 3.12. The van der Waals surface area contributed by atoms with Gasteiger partial charge >= 0.3 is 0 Å². The molecule has 0 spiro atoms. The Bertz CT molecular complexity index is 528. The molecule has 6 heteroatoms. The first-order valence-corrected chi connectivity index (χ1v) is 8.17. The molecule has 5 nitrogen and oxygen atoms in total. The lowest BCUT2D eigenvalue weighted by Crippen LogP contribution is -2.43. The van der Waals surface area contributed by atoms with E-state index in [1.165, 1.54) is 4.31 Å². The molecule has 0 aliphatic rings. The van der Waals surface area contributed by atoms with Crippen LogP contribution in [-0.2, 0) is 16.4 Å². The zero-order chi connectivity index (χ0) is 15.3. The Balaban J connectivity index is 3.23. The van der Waals surface area contributed by atoms with Crippen LogP contribution in [0.15, 0.2) is 29.2 Å². The van der Waals surface area contributed by atoms with E-state index in [0.29, 0.717) is 6.42 Å². The summed E-state index contributed by atoms with van der Waals surface area (Å²) in [6.07, 6.45) is -0.467. The van der Waals surface area contributed by atoms with Gasteiger partial charge in [-0.2, -0.15) is 4.31 Å². The van der Waals surface area contributed by atoms with E-state index in [1.807, 2.05) is 6.92 Å². The largest absolute Gasteiger partial charge is 0.394 e. The summed E-state index contributed by atoms with van der Waals surface area (Å²) in [5.74, 6) is 0. The highest BCUT2D eigenvalue weighted by Crippen LogP contribution is 2.22. The smallest absolute Gasteiger partial charge is 0.243 e. The molecule has 0 bridgehead atoms. The molecule has 2 N–H and O–H groups in total. The van der Waals surface area contributed by atoms with Gasteiger partial charge in [-0.15, -0.1) is 0 Å². The Labute approximate surface area is 120 Å². The minimum atomic E-state index is -3.69. The van der Waals surface area contributed by atoms with Crippen molar-refractivity contribution in [2.24, 2.45) is 0 Å². The zero-order valence-electron chi connectivity index (χ0n) is 12.2. The number of hydrogen-bond acceptors (Lipinski definition) is 4. The summed E-state index contributed by atoms with van der Waals surface area (Å²) in [6.45, 7) is 4.81. The number of hydrogen-bond donors (Lipinski definition) is 2. The molecular formula is C14H23NO4S. The molecule has 0 aliphatic carbocycles. The monoisotopic (exact) mass is 301 g/mol. The molecular weight excluding hydrogens is 278 g/mol. The topological polar surface area (TPSA) is 77.8 Å². The average Bonchev–Trinajstić information content (AvgIpc) is 2.43. The summed E-state index contributed by atoms with van der Waals surface area (Å²) in [7, 11) is -3.69.